The van der Waals surface area contributed by atoms with Gasteiger partial charge < -0.3 is 20.3 Å². The van der Waals surface area contributed by atoms with Gasteiger partial charge in [-0.05, 0) is 44.3 Å². The fourth-order valence-corrected chi connectivity index (χ4v) is 2.10. The van der Waals surface area contributed by atoms with Crippen molar-refractivity contribution in [2.24, 2.45) is 0 Å². The van der Waals surface area contributed by atoms with E-state index in [1.807, 2.05) is 0 Å². The van der Waals surface area contributed by atoms with Crippen molar-refractivity contribution in [2.45, 2.75) is 33.8 Å². The number of likely N-dealkylation sites (N-methyl/N-ethyl adjacent to an activating group) is 1. The summed E-state index contributed by atoms with van der Waals surface area (Å²) in [6.45, 7) is 10.7. The highest BCUT2D eigenvalue weighted by Gasteiger charge is 2.14. The highest BCUT2D eigenvalue weighted by atomic mass is 16.5. The van der Waals surface area contributed by atoms with E-state index < -0.39 is 6.10 Å². The zero-order valence-corrected chi connectivity index (χ0v) is 14.4. The number of benzene rings is 1. The summed E-state index contributed by atoms with van der Waals surface area (Å²) >= 11 is 0. The van der Waals surface area contributed by atoms with Crippen LogP contribution in [-0.2, 0) is 9.59 Å². The molecule has 1 atom stereocenters. The fraction of sp³-hybridized carbons (Fsp3) is 0.529. The van der Waals surface area contributed by atoms with Gasteiger partial charge in [-0.2, -0.15) is 0 Å². The lowest BCUT2D eigenvalue weighted by atomic mass is 10.3. The Kier molecular flexibility index (Phi) is 8.11. The first-order valence-electron chi connectivity index (χ1n) is 8.00. The summed E-state index contributed by atoms with van der Waals surface area (Å²) in [5, 5.41) is 5.56. The summed E-state index contributed by atoms with van der Waals surface area (Å²) in [6, 6.07) is 6.93. The molecule has 6 nitrogen and oxygen atoms in total. The first kappa shape index (κ1) is 19.0. The molecule has 1 rings (SSSR count). The molecule has 0 fully saturated rings. The van der Waals surface area contributed by atoms with Crippen molar-refractivity contribution in [1.29, 1.82) is 0 Å². The molecule has 2 amide bonds. The van der Waals surface area contributed by atoms with Crippen molar-refractivity contribution < 1.29 is 14.3 Å². The van der Waals surface area contributed by atoms with Crippen LogP contribution in [0.25, 0.3) is 0 Å². The average Bonchev–Trinajstić information content (AvgIpc) is 2.52. The summed E-state index contributed by atoms with van der Waals surface area (Å²) in [6.07, 6.45) is -0.571. The van der Waals surface area contributed by atoms with E-state index in [0.717, 1.165) is 19.6 Å². The molecule has 0 spiro atoms. The van der Waals surface area contributed by atoms with Gasteiger partial charge in [0.25, 0.3) is 5.91 Å². The first-order chi connectivity index (χ1) is 11.0. The molecule has 1 aromatic carbocycles. The maximum absolute atomic E-state index is 12.0. The Morgan fingerprint density at radius 2 is 1.78 bits per heavy atom. The van der Waals surface area contributed by atoms with E-state index in [4.69, 9.17) is 4.74 Å². The van der Waals surface area contributed by atoms with Crippen LogP contribution >= 0.6 is 0 Å². The second-order valence-electron chi connectivity index (χ2n) is 5.28. The Balaban J connectivity index is 2.40. The summed E-state index contributed by atoms with van der Waals surface area (Å²) in [5.74, 6) is 0.327. The van der Waals surface area contributed by atoms with Gasteiger partial charge in [-0.15, -0.1) is 0 Å². The fourth-order valence-electron chi connectivity index (χ4n) is 2.10. The number of carbonyl (C=O) groups is 2. The highest BCUT2D eigenvalue weighted by Crippen LogP contribution is 2.16. The summed E-state index contributed by atoms with van der Waals surface area (Å²) < 4.78 is 5.61. The minimum absolute atomic E-state index is 0.125. The van der Waals surface area contributed by atoms with Crippen molar-refractivity contribution >= 4 is 17.5 Å². The molecule has 23 heavy (non-hydrogen) atoms. The molecule has 1 unspecified atom stereocenters. The van der Waals surface area contributed by atoms with Crippen molar-refractivity contribution in [3.05, 3.63) is 24.3 Å². The van der Waals surface area contributed by atoms with Crippen molar-refractivity contribution in [2.75, 3.05) is 31.5 Å². The minimum atomic E-state index is -0.571. The van der Waals surface area contributed by atoms with Crippen LogP contribution in [0.4, 0.5) is 5.69 Å². The number of rotatable bonds is 9. The molecule has 0 bridgehead atoms. The van der Waals surface area contributed by atoms with Crippen LogP contribution in [0.2, 0.25) is 0 Å². The predicted octanol–water partition coefficient (Wildman–Crippen LogP) is 1.87. The number of hydrogen-bond donors (Lipinski definition) is 2. The Hall–Kier alpha value is -2.08. The lowest BCUT2D eigenvalue weighted by Gasteiger charge is -2.19. The molecule has 6 heteroatoms. The second kappa shape index (κ2) is 9.84. The van der Waals surface area contributed by atoms with E-state index in [2.05, 4.69) is 29.4 Å². The van der Waals surface area contributed by atoms with E-state index in [1.165, 1.54) is 6.92 Å². The molecular weight excluding hydrogens is 294 g/mol. The molecule has 1 aromatic rings. The molecule has 0 radical (unpaired) electrons. The zero-order chi connectivity index (χ0) is 17.2. The number of anilines is 1. The lowest BCUT2D eigenvalue weighted by molar-refractivity contribution is -0.127. The normalized spacial score (nSPS) is 11.9. The van der Waals surface area contributed by atoms with E-state index in [0.29, 0.717) is 18.0 Å². The van der Waals surface area contributed by atoms with Gasteiger partial charge in [-0.3, -0.25) is 9.59 Å². The maximum atomic E-state index is 12.0. The molecule has 0 heterocycles. The van der Waals surface area contributed by atoms with Gasteiger partial charge in [0.05, 0.1) is 0 Å². The van der Waals surface area contributed by atoms with E-state index in [9.17, 15) is 9.59 Å². The predicted molar refractivity (Wildman–Crippen MR) is 91.6 cm³/mol. The Bertz CT molecular complexity index is 498. The Morgan fingerprint density at radius 3 is 2.30 bits per heavy atom. The third-order valence-corrected chi connectivity index (χ3v) is 3.48. The minimum Gasteiger partial charge on any atom is -0.481 e. The number of nitrogens with zero attached hydrogens (tertiary/aromatic N) is 1. The molecular formula is C17H27N3O3. The van der Waals surface area contributed by atoms with Gasteiger partial charge in [0.2, 0.25) is 5.91 Å². The zero-order valence-electron chi connectivity index (χ0n) is 14.4. The van der Waals surface area contributed by atoms with Crippen LogP contribution in [0.5, 0.6) is 5.75 Å². The molecule has 128 valence electrons. The number of nitrogens with one attached hydrogen (secondary N) is 2. The average molecular weight is 321 g/mol. The number of hydrogen-bond acceptors (Lipinski definition) is 4. The lowest BCUT2D eigenvalue weighted by Crippen LogP contribution is -2.40. The van der Waals surface area contributed by atoms with Gasteiger partial charge in [0.1, 0.15) is 5.75 Å². The molecule has 2 N–H and O–H groups in total. The molecule has 0 saturated heterocycles. The summed E-state index contributed by atoms with van der Waals surface area (Å²) in [4.78, 5) is 25.2. The van der Waals surface area contributed by atoms with Crippen LogP contribution in [0.15, 0.2) is 24.3 Å². The van der Waals surface area contributed by atoms with Crippen LogP contribution in [0, 0.1) is 0 Å². The standard InChI is InChI=1S/C17H27N3O3/c1-5-20(6-2)12-11-18-17(22)13(3)23-16-9-7-15(8-10-16)19-14(4)21/h7-10,13H,5-6,11-12H2,1-4H3,(H,18,22)(H,19,21). The summed E-state index contributed by atoms with van der Waals surface area (Å²) in [5.41, 5.74) is 0.696. The van der Waals surface area contributed by atoms with Gasteiger partial charge in [-0.1, -0.05) is 13.8 Å². The van der Waals surface area contributed by atoms with Gasteiger partial charge in [0, 0.05) is 25.7 Å². The smallest absolute Gasteiger partial charge is 0.260 e. The quantitative estimate of drug-likeness (QED) is 0.728. The first-order valence-corrected chi connectivity index (χ1v) is 8.00. The van der Waals surface area contributed by atoms with Gasteiger partial charge in [-0.25, -0.2) is 0 Å². The van der Waals surface area contributed by atoms with Crippen LogP contribution in [0.1, 0.15) is 27.7 Å². The van der Waals surface area contributed by atoms with E-state index in [-0.39, 0.29) is 11.8 Å². The van der Waals surface area contributed by atoms with Crippen LogP contribution in [-0.4, -0.2) is 49.0 Å². The molecule has 0 saturated carbocycles. The van der Waals surface area contributed by atoms with Crippen molar-refractivity contribution in [3.8, 4) is 5.75 Å². The monoisotopic (exact) mass is 321 g/mol. The highest BCUT2D eigenvalue weighted by molar-refractivity contribution is 5.88. The van der Waals surface area contributed by atoms with Crippen LogP contribution in [0.3, 0.4) is 0 Å². The maximum Gasteiger partial charge on any atom is 0.260 e. The number of amides is 2. The van der Waals surface area contributed by atoms with Gasteiger partial charge >= 0.3 is 0 Å². The second-order valence-corrected chi connectivity index (χ2v) is 5.28. The Morgan fingerprint density at radius 1 is 1.17 bits per heavy atom. The largest absolute Gasteiger partial charge is 0.481 e. The van der Waals surface area contributed by atoms with Crippen molar-refractivity contribution in [3.63, 3.8) is 0 Å². The SMILES string of the molecule is CCN(CC)CCNC(=O)C(C)Oc1ccc(NC(C)=O)cc1. The molecule has 0 aliphatic carbocycles. The molecule has 0 aliphatic heterocycles. The molecule has 0 aliphatic rings. The number of carbonyl (C=O) groups excluding carboxylic acids is 2. The van der Waals surface area contributed by atoms with Crippen molar-refractivity contribution in [1.82, 2.24) is 10.2 Å². The third-order valence-electron chi connectivity index (χ3n) is 3.48. The van der Waals surface area contributed by atoms with Crippen LogP contribution < -0.4 is 15.4 Å². The number of ether oxygens (including phenoxy) is 1. The summed E-state index contributed by atoms with van der Waals surface area (Å²) in [7, 11) is 0. The third kappa shape index (κ3) is 7.15. The van der Waals surface area contributed by atoms with E-state index in [1.54, 1.807) is 31.2 Å². The topological polar surface area (TPSA) is 70.7 Å². The molecule has 0 aromatic heterocycles. The van der Waals surface area contributed by atoms with Gasteiger partial charge in [0.15, 0.2) is 6.10 Å². The van der Waals surface area contributed by atoms with E-state index >= 15 is 0 Å². The Labute approximate surface area is 138 Å².